The van der Waals surface area contributed by atoms with Gasteiger partial charge in [-0.05, 0) is 116 Å². The second kappa shape index (κ2) is 14.8. The Hall–Kier alpha value is -8.20. The smallest absolute Gasteiger partial charge is 0.0645 e. The van der Waals surface area contributed by atoms with Crippen molar-refractivity contribution in [3.05, 3.63) is 243 Å². The topological polar surface area (TPSA) is 9.86 Å². The molecular formula is C60H40N2. The summed E-state index contributed by atoms with van der Waals surface area (Å²) in [5.74, 6) is 0. The van der Waals surface area contributed by atoms with E-state index in [2.05, 4.69) is 173 Å². The lowest BCUT2D eigenvalue weighted by molar-refractivity contribution is 1.18. The van der Waals surface area contributed by atoms with Crippen LogP contribution in [0.25, 0.3) is 111 Å². The molecule has 0 fully saturated rings. The minimum Gasteiger partial charge on any atom is -0.309 e. The predicted octanol–water partition coefficient (Wildman–Crippen LogP) is 16.2. The van der Waals surface area contributed by atoms with Gasteiger partial charge in [0.1, 0.15) is 0 Å². The molecule has 290 valence electrons. The summed E-state index contributed by atoms with van der Waals surface area (Å²) in [5.41, 5.74) is 15.6. The molecule has 0 bridgehead atoms. The summed E-state index contributed by atoms with van der Waals surface area (Å²) in [6, 6.07) is 78.2. The van der Waals surface area contributed by atoms with Gasteiger partial charge in [-0.3, -0.25) is 0 Å². The number of benzene rings is 10. The van der Waals surface area contributed by atoms with Gasteiger partial charge in [0, 0.05) is 32.9 Å². The summed E-state index contributed by atoms with van der Waals surface area (Å²) in [6.45, 7) is 0. The van der Waals surface area contributed by atoms with Gasteiger partial charge in [-0.15, -0.1) is 0 Å². The zero-order chi connectivity index (χ0) is 43.6. The van der Waals surface area contributed by atoms with Crippen LogP contribution in [0.2, 0.25) is 0 Å². The number of nitrogens with zero attached hydrogens (tertiary/aromatic N) is 2. The first-order valence-corrected chi connectivity index (χ1v) is 21.1. The van der Waals surface area contributed by atoms with Crippen molar-refractivity contribution >= 4 is 43.6 Å². The molecule has 0 unspecified atom stereocenters. The largest absolute Gasteiger partial charge is 0.309 e. The van der Waals surface area contributed by atoms with Crippen LogP contribution in [0.1, 0.15) is 4.11 Å². The Balaban J connectivity index is 1.11. The number of aromatic nitrogens is 2. The van der Waals surface area contributed by atoms with Crippen molar-refractivity contribution in [3.63, 3.8) is 0 Å². The molecule has 2 heteroatoms. The summed E-state index contributed by atoms with van der Waals surface area (Å²) in [5, 5.41) is 3.64. The lowest BCUT2D eigenvalue weighted by Gasteiger charge is -2.13. The molecule has 0 spiro atoms. The van der Waals surface area contributed by atoms with Crippen molar-refractivity contribution in [1.29, 1.82) is 0 Å². The Bertz CT molecular complexity index is 3780. The molecule has 2 aromatic heterocycles. The predicted molar refractivity (Wildman–Crippen MR) is 262 cm³/mol. The average Bonchev–Trinajstić information content (AvgIpc) is 3.90. The fraction of sp³-hybridized carbons (Fsp3) is 0. The maximum absolute atomic E-state index is 10.0. The van der Waals surface area contributed by atoms with E-state index in [1.807, 2.05) is 60.7 Å². The van der Waals surface area contributed by atoms with Crippen molar-refractivity contribution in [2.24, 2.45) is 0 Å². The van der Waals surface area contributed by atoms with E-state index in [9.17, 15) is 4.11 Å². The third-order valence-corrected chi connectivity index (χ3v) is 12.3. The van der Waals surface area contributed by atoms with E-state index < -0.39 is 0 Å². The van der Waals surface area contributed by atoms with Crippen LogP contribution < -0.4 is 0 Å². The van der Waals surface area contributed by atoms with E-state index in [-0.39, 0.29) is 18.1 Å². The van der Waals surface area contributed by atoms with E-state index in [0.29, 0.717) is 16.5 Å². The third kappa shape index (κ3) is 5.96. The first-order chi connectivity index (χ1) is 32.0. The van der Waals surface area contributed by atoms with Crippen LogP contribution in [0.5, 0.6) is 0 Å². The van der Waals surface area contributed by atoms with Crippen LogP contribution in [-0.4, -0.2) is 9.13 Å². The first kappa shape index (κ1) is 32.6. The van der Waals surface area contributed by atoms with Gasteiger partial charge in [-0.1, -0.05) is 182 Å². The molecule has 62 heavy (non-hydrogen) atoms. The Morgan fingerprint density at radius 2 is 0.806 bits per heavy atom. The molecular weight excluding hydrogens is 749 g/mol. The summed E-state index contributed by atoms with van der Waals surface area (Å²) in [6.07, 6.45) is 0. The zero-order valence-corrected chi connectivity index (χ0v) is 33.8. The normalized spacial score (nSPS) is 12.2. The third-order valence-electron chi connectivity index (χ3n) is 12.3. The van der Waals surface area contributed by atoms with Gasteiger partial charge < -0.3 is 9.13 Å². The maximum Gasteiger partial charge on any atom is 0.0645 e. The number of hydrogen-bond donors (Lipinski definition) is 0. The highest BCUT2D eigenvalue weighted by Gasteiger charge is 2.20. The molecule has 0 aliphatic rings. The monoisotopic (exact) mass is 791 g/mol. The van der Waals surface area contributed by atoms with Gasteiger partial charge in [0.25, 0.3) is 0 Å². The average molecular weight is 792 g/mol. The van der Waals surface area contributed by atoms with E-state index >= 15 is 0 Å². The Labute approximate surface area is 365 Å². The molecule has 0 aliphatic heterocycles. The van der Waals surface area contributed by atoms with E-state index in [4.69, 9.17) is 0 Å². The van der Waals surface area contributed by atoms with Crippen LogP contribution >= 0.6 is 0 Å². The lowest BCUT2D eigenvalue weighted by atomic mass is 9.91. The van der Waals surface area contributed by atoms with Crippen molar-refractivity contribution in [1.82, 2.24) is 9.13 Å². The van der Waals surface area contributed by atoms with Gasteiger partial charge >= 0.3 is 0 Å². The molecule has 2 nitrogen and oxygen atoms in total. The van der Waals surface area contributed by atoms with Crippen LogP contribution in [0, 0.1) is 0 Å². The summed E-state index contributed by atoms with van der Waals surface area (Å²) in [4.78, 5) is 0. The molecule has 0 saturated heterocycles. The van der Waals surface area contributed by atoms with Gasteiger partial charge in [-0.2, -0.15) is 0 Å². The summed E-state index contributed by atoms with van der Waals surface area (Å²) < 4.78 is 33.9. The number of hydrogen-bond acceptors (Lipinski definition) is 0. The number of rotatable bonds is 7. The van der Waals surface area contributed by atoms with Crippen molar-refractivity contribution < 1.29 is 4.11 Å². The van der Waals surface area contributed by atoms with Gasteiger partial charge in [0.2, 0.25) is 0 Å². The highest BCUT2D eigenvalue weighted by atomic mass is 15.0. The van der Waals surface area contributed by atoms with Crippen LogP contribution in [0.3, 0.4) is 0 Å². The molecule has 0 radical (unpaired) electrons. The number of fused-ring (bicyclic) bond motifs is 6. The van der Waals surface area contributed by atoms with Gasteiger partial charge in [0.15, 0.2) is 0 Å². The lowest BCUT2D eigenvalue weighted by Crippen LogP contribution is -1.94. The standard InChI is InChI=1S/C60H40N2/c1-4-16-41(17-5-1)43-30-34-48(35-31-43)61-56-28-13-12-26-52(56)54-39-46(32-36-57(54)61)47-33-37-58-55(40-47)60-53(51-25-11-10-24-50(51)44-20-8-3-9-21-44)27-15-29-59(60)62(58)49-23-14-22-45(38-49)42-18-6-2-7-19-42/h1-40H/i32D,36D,39D. The fourth-order valence-electron chi connectivity index (χ4n) is 9.38. The molecule has 0 amide bonds. The fourth-order valence-corrected chi connectivity index (χ4v) is 9.38. The second-order valence-corrected chi connectivity index (χ2v) is 15.8. The van der Waals surface area contributed by atoms with Crippen molar-refractivity contribution in [3.8, 4) is 67.0 Å². The molecule has 10 aromatic carbocycles. The minimum absolute atomic E-state index is 0.0285. The van der Waals surface area contributed by atoms with Crippen molar-refractivity contribution in [2.75, 3.05) is 0 Å². The van der Waals surface area contributed by atoms with E-state index in [0.717, 1.165) is 94.2 Å². The Morgan fingerprint density at radius 3 is 1.58 bits per heavy atom. The first-order valence-electron chi connectivity index (χ1n) is 22.6. The van der Waals surface area contributed by atoms with Gasteiger partial charge in [0.05, 0.1) is 26.2 Å². The maximum atomic E-state index is 10.0. The molecule has 2 heterocycles. The molecule has 0 N–H and O–H groups in total. The van der Waals surface area contributed by atoms with E-state index in [1.54, 1.807) is 0 Å². The van der Waals surface area contributed by atoms with Crippen molar-refractivity contribution in [2.45, 2.75) is 0 Å². The summed E-state index contributed by atoms with van der Waals surface area (Å²) >= 11 is 0. The SMILES string of the molecule is [2H]c1c(-c2ccc3c(c2)c2c(-c4ccccc4-c4ccccc4)cccc2n3-c2cccc(-c3ccccc3)c2)c([2H])c2c3ccccc3n(-c3ccc(-c4ccccc4)cc3)c2c1[2H]. The molecule has 0 aliphatic carbocycles. The minimum atomic E-state index is 0.0285. The molecule has 12 aromatic rings. The second-order valence-electron chi connectivity index (χ2n) is 15.8. The Morgan fingerprint density at radius 1 is 0.274 bits per heavy atom. The highest BCUT2D eigenvalue weighted by Crippen LogP contribution is 2.44. The van der Waals surface area contributed by atoms with Crippen LogP contribution in [0.15, 0.2) is 243 Å². The summed E-state index contributed by atoms with van der Waals surface area (Å²) in [7, 11) is 0. The molecule has 0 saturated carbocycles. The zero-order valence-electron chi connectivity index (χ0n) is 36.8. The Kier molecular flexibility index (Phi) is 7.79. The van der Waals surface area contributed by atoms with Crippen LogP contribution in [0.4, 0.5) is 0 Å². The highest BCUT2D eigenvalue weighted by molar-refractivity contribution is 6.18. The van der Waals surface area contributed by atoms with E-state index in [1.165, 1.54) is 0 Å². The quantitative estimate of drug-likeness (QED) is 0.152. The molecule has 12 rings (SSSR count). The number of para-hydroxylation sites is 1. The molecule has 0 atom stereocenters. The van der Waals surface area contributed by atoms with Crippen LogP contribution in [-0.2, 0) is 0 Å². The van der Waals surface area contributed by atoms with Gasteiger partial charge in [-0.25, -0.2) is 0 Å².